The van der Waals surface area contributed by atoms with Crippen LogP contribution < -0.4 is 21.3 Å². The summed E-state index contributed by atoms with van der Waals surface area (Å²) in [6.45, 7) is 0. The summed E-state index contributed by atoms with van der Waals surface area (Å²) in [5.74, 6) is 4.76. The predicted octanol–water partition coefficient (Wildman–Crippen LogP) is 2.37. The molecule has 0 radical (unpaired) electrons. The molecule has 0 aromatic heterocycles. The third-order valence-electron chi connectivity index (χ3n) is 2.74. The Morgan fingerprint density at radius 3 is 2.50 bits per heavy atom. The Hall–Kier alpha value is -2.60. The van der Waals surface area contributed by atoms with Gasteiger partial charge in [-0.3, -0.25) is 10.6 Å². The number of carbonyl (C=O) groups is 1. The van der Waals surface area contributed by atoms with E-state index in [1.54, 1.807) is 24.3 Å². The second kappa shape index (κ2) is 6.03. The average Bonchev–Trinajstić information content (AvgIpc) is 2.49. The lowest BCUT2D eigenvalue weighted by Crippen LogP contribution is -2.13. The van der Waals surface area contributed by atoms with Crippen LogP contribution in [0, 0.1) is 5.82 Å². The molecule has 2 rings (SSSR count). The van der Waals surface area contributed by atoms with Crippen molar-refractivity contribution >= 4 is 17.3 Å². The van der Waals surface area contributed by atoms with Crippen LogP contribution in [0.5, 0.6) is 5.75 Å². The Bertz CT molecular complexity index is 614. The first kappa shape index (κ1) is 13.8. The zero-order chi connectivity index (χ0) is 14.5. The predicted molar refractivity (Wildman–Crippen MR) is 75.2 cm³/mol. The van der Waals surface area contributed by atoms with Gasteiger partial charge in [0.05, 0.1) is 12.8 Å². The summed E-state index contributed by atoms with van der Waals surface area (Å²) in [4.78, 5) is 12.0. The van der Waals surface area contributed by atoms with Gasteiger partial charge in [-0.2, -0.15) is 0 Å². The summed E-state index contributed by atoms with van der Waals surface area (Å²) in [5, 5.41) is 2.49. The lowest BCUT2D eigenvalue weighted by Gasteiger charge is -2.09. The zero-order valence-corrected chi connectivity index (χ0v) is 10.8. The highest BCUT2D eigenvalue weighted by Gasteiger charge is 2.10. The number of hydrazine groups is 1. The summed E-state index contributed by atoms with van der Waals surface area (Å²) in [6.07, 6.45) is 0. The molecular formula is C14H14FN3O2. The Morgan fingerprint density at radius 1 is 1.20 bits per heavy atom. The van der Waals surface area contributed by atoms with Crippen LogP contribution in [0.4, 0.5) is 15.8 Å². The van der Waals surface area contributed by atoms with Crippen molar-refractivity contribution in [3.63, 3.8) is 0 Å². The number of anilines is 2. The number of hydrogen-bond acceptors (Lipinski definition) is 4. The standard InChI is InChI=1S/C14H14FN3O2/c1-20-11-6-7-12(15)13(8-11)17-14(19)9-2-4-10(18-16)5-3-9/h2-8,18H,16H2,1H3,(H,17,19). The normalized spacial score (nSPS) is 9.95. The maximum atomic E-state index is 13.6. The molecule has 5 nitrogen and oxygen atoms in total. The van der Waals surface area contributed by atoms with E-state index >= 15 is 0 Å². The van der Waals surface area contributed by atoms with Crippen LogP contribution in [-0.2, 0) is 0 Å². The van der Waals surface area contributed by atoms with Gasteiger partial charge >= 0.3 is 0 Å². The highest BCUT2D eigenvalue weighted by atomic mass is 19.1. The fourth-order valence-corrected chi connectivity index (χ4v) is 1.64. The Kier molecular flexibility index (Phi) is 4.17. The molecular weight excluding hydrogens is 261 g/mol. The number of methoxy groups -OCH3 is 1. The molecule has 4 N–H and O–H groups in total. The number of ether oxygens (including phenoxy) is 1. The minimum atomic E-state index is -0.528. The van der Waals surface area contributed by atoms with E-state index in [1.807, 2.05) is 0 Å². The SMILES string of the molecule is COc1ccc(F)c(NC(=O)c2ccc(NN)cc2)c1. The van der Waals surface area contributed by atoms with Crippen LogP contribution in [0.1, 0.15) is 10.4 Å². The summed E-state index contributed by atoms with van der Waals surface area (Å²) in [6, 6.07) is 10.6. The van der Waals surface area contributed by atoms with Crippen molar-refractivity contribution in [3.8, 4) is 5.75 Å². The summed E-state index contributed by atoms with van der Waals surface area (Å²) >= 11 is 0. The quantitative estimate of drug-likeness (QED) is 0.591. The molecule has 0 bridgehead atoms. The van der Waals surface area contributed by atoms with E-state index in [4.69, 9.17) is 10.6 Å². The van der Waals surface area contributed by atoms with Gasteiger partial charge in [-0.25, -0.2) is 4.39 Å². The van der Waals surface area contributed by atoms with Gasteiger partial charge < -0.3 is 15.5 Å². The number of rotatable bonds is 4. The number of amides is 1. The maximum Gasteiger partial charge on any atom is 0.255 e. The monoisotopic (exact) mass is 275 g/mol. The van der Waals surface area contributed by atoms with Crippen molar-refractivity contribution < 1.29 is 13.9 Å². The van der Waals surface area contributed by atoms with Gasteiger partial charge in [0.1, 0.15) is 11.6 Å². The van der Waals surface area contributed by atoms with Crippen LogP contribution >= 0.6 is 0 Å². The van der Waals surface area contributed by atoms with Gasteiger partial charge in [-0.1, -0.05) is 0 Å². The highest BCUT2D eigenvalue weighted by Crippen LogP contribution is 2.21. The molecule has 0 heterocycles. The molecule has 6 heteroatoms. The molecule has 20 heavy (non-hydrogen) atoms. The van der Waals surface area contributed by atoms with Crippen molar-refractivity contribution in [3.05, 3.63) is 53.8 Å². The third kappa shape index (κ3) is 3.04. The number of halogens is 1. The Balaban J connectivity index is 2.18. The number of hydrogen-bond donors (Lipinski definition) is 3. The van der Waals surface area contributed by atoms with Gasteiger partial charge in [0, 0.05) is 17.3 Å². The van der Waals surface area contributed by atoms with Crippen LogP contribution in [0.3, 0.4) is 0 Å². The molecule has 2 aromatic carbocycles. The van der Waals surface area contributed by atoms with Gasteiger partial charge in [-0.15, -0.1) is 0 Å². The smallest absolute Gasteiger partial charge is 0.255 e. The Labute approximate surface area is 115 Å². The second-order valence-electron chi connectivity index (χ2n) is 4.02. The molecule has 0 spiro atoms. The molecule has 0 aliphatic heterocycles. The summed E-state index contributed by atoms with van der Waals surface area (Å²) in [5.41, 5.74) is 3.59. The van der Waals surface area contributed by atoms with Crippen LogP contribution in [-0.4, -0.2) is 13.0 Å². The molecule has 0 fully saturated rings. The summed E-state index contributed by atoms with van der Waals surface area (Å²) in [7, 11) is 1.47. The fraction of sp³-hybridized carbons (Fsp3) is 0.0714. The second-order valence-corrected chi connectivity index (χ2v) is 4.02. The van der Waals surface area contributed by atoms with Gasteiger partial charge in [-0.05, 0) is 36.4 Å². The highest BCUT2D eigenvalue weighted by molar-refractivity contribution is 6.04. The minimum Gasteiger partial charge on any atom is -0.497 e. The van der Waals surface area contributed by atoms with Crippen molar-refractivity contribution in [2.24, 2.45) is 5.84 Å². The third-order valence-corrected chi connectivity index (χ3v) is 2.74. The van der Waals surface area contributed by atoms with Gasteiger partial charge in [0.15, 0.2) is 0 Å². The van der Waals surface area contributed by atoms with E-state index in [2.05, 4.69) is 10.7 Å². The molecule has 0 aliphatic rings. The number of nitrogens with two attached hydrogens (primary N) is 1. The van der Waals surface area contributed by atoms with Crippen molar-refractivity contribution in [1.29, 1.82) is 0 Å². The fourth-order valence-electron chi connectivity index (χ4n) is 1.64. The van der Waals surface area contributed by atoms with E-state index in [0.717, 1.165) is 0 Å². The molecule has 0 aliphatic carbocycles. The van der Waals surface area contributed by atoms with Crippen LogP contribution in [0.15, 0.2) is 42.5 Å². The first-order chi connectivity index (χ1) is 9.63. The van der Waals surface area contributed by atoms with Crippen LogP contribution in [0.25, 0.3) is 0 Å². The molecule has 0 saturated carbocycles. The lowest BCUT2D eigenvalue weighted by molar-refractivity contribution is 0.102. The lowest BCUT2D eigenvalue weighted by atomic mass is 10.2. The largest absolute Gasteiger partial charge is 0.497 e. The van der Waals surface area contributed by atoms with E-state index in [0.29, 0.717) is 17.0 Å². The molecule has 0 saturated heterocycles. The van der Waals surface area contributed by atoms with E-state index in [9.17, 15) is 9.18 Å². The number of nitrogens with one attached hydrogen (secondary N) is 2. The molecule has 2 aromatic rings. The minimum absolute atomic E-state index is 0.0652. The van der Waals surface area contributed by atoms with Crippen molar-refractivity contribution in [2.75, 3.05) is 17.9 Å². The first-order valence-electron chi connectivity index (χ1n) is 5.85. The molecule has 104 valence electrons. The molecule has 1 amide bonds. The molecule has 0 unspecified atom stereocenters. The van der Waals surface area contributed by atoms with Gasteiger partial charge in [0.25, 0.3) is 5.91 Å². The topological polar surface area (TPSA) is 76.4 Å². The average molecular weight is 275 g/mol. The number of benzene rings is 2. The van der Waals surface area contributed by atoms with Crippen molar-refractivity contribution in [1.82, 2.24) is 0 Å². The zero-order valence-electron chi connectivity index (χ0n) is 10.8. The van der Waals surface area contributed by atoms with Gasteiger partial charge in [0.2, 0.25) is 0 Å². The first-order valence-corrected chi connectivity index (χ1v) is 5.85. The Morgan fingerprint density at radius 2 is 1.90 bits per heavy atom. The number of nitrogen functional groups attached to an aromatic ring is 1. The van der Waals surface area contributed by atoms with Crippen molar-refractivity contribution in [2.45, 2.75) is 0 Å². The molecule has 0 atom stereocenters. The van der Waals surface area contributed by atoms with E-state index in [-0.39, 0.29) is 5.69 Å². The van der Waals surface area contributed by atoms with E-state index < -0.39 is 11.7 Å². The van der Waals surface area contributed by atoms with Crippen LogP contribution in [0.2, 0.25) is 0 Å². The number of carbonyl (C=O) groups excluding carboxylic acids is 1. The maximum absolute atomic E-state index is 13.6. The summed E-state index contributed by atoms with van der Waals surface area (Å²) < 4.78 is 18.6. The van der Waals surface area contributed by atoms with E-state index in [1.165, 1.54) is 25.3 Å².